The minimum atomic E-state index is -1.30. The van der Waals surface area contributed by atoms with E-state index in [9.17, 15) is 4.79 Å². The predicted molar refractivity (Wildman–Crippen MR) is 75.6 cm³/mol. The van der Waals surface area contributed by atoms with Gasteiger partial charge in [0, 0.05) is 25.9 Å². The molecule has 1 atom stereocenters. The Bertz CT molecular complexity index is 322. The lowest BCUT2D eigenvalue weighted by atomic mass is 10.00. The highest BCUT2D eigenvalue weighted by molar-refractivity contribution is 6.83. The monoisotopic (exact) mass is 251 g/mol. The zero-order chi connectivity index (χ0) is 13.1. The highest BCUT2D eigenvalue weighted by Gasteiger charge is 2.24. The summed E-state index contributed by atoms with van der Waals surface area (Å²) in [5.41, 5.74) is 3.47. The molecule has 1 saturated heterocycles. The standard InChI is InChI=1S/C14H25NOSi/c1-12(2)14(8-11-17(3,4)5)15-9-6-13(16)7-10-15/h12,14H,6-7,9-10H2,1-5H3/t14-/m1/s1. The number of hydrogen-bond donors (Lipinski definition) is 0. The molecule has 0 aliphatic carbocycles. The molecule has 0 spiro atoms. The van der Waals surface area contributed by atoms with Gasteiger partial charge >= 0.3 is 0 Å². The van der Waals surface area contributed by atoms with Gasteiger partial charge in [-0.3, -0.25) is 9.69 Å². The third kappa shape index (κ3) is 5.05. The van der Waals surface area contributed by atoms with Crippen LogP contribution in [-0.2, 0) is 4.79 Å². The fraction of sp³-hybridized carbons (Fsp3) is 0.786. The zero-order valence-corrected chi connectivity index (χ0v) is 12.8. The first-order chi connectivity index (χ1) is 7.79. The molecule has 2 nitrogen and oxygen atoms in total. The Morgan fingerprint density at radius 3 is 2.12 bits per heavy atom. The Morgan fingerprint density at radius 1 is 1.18 bits per heavy atom. The summed E-state index contributed by atoms with van der Waals surface area (Å²) in [6, 6.07) is 0.329. The first-order valence-corrected chi connectivity index (χ1v) is 10.1. The van der Waals surface area contributed by atoms with Gasteiger partial charge in [0.1, 0.15) is 13.9 Å². The summed E-state index contributed by atoms with van der Waals surface area (Å²) in [5, 5.41) is 0. The van der Waals surface area contributed by atoms with Crippen molar-refractivity contribution in [2.75, 3.05) is 13.1 Å². The van der Waals surface area contributed by atoms with Crippen molar-refractivity contribution >= 4 is 13.9 Å². The number of piperidine rings is 1. The van der Waals surface area contributed by atoms with E-state index in [1.54, 1.807) is 0 Å². The predicted octanol–water partition coefficient (Wildman–Crippen LogP) is 2.56. The van der Waals surface area contributed by atoms with Gasteiger partial charge in [-0.2, -0.15) is 0 Å². The highest BCUT2D eigenvalue weighted by atomic mass is 28.3. The lowest BCUT2D eigenvalue weighted by Gasteiger charge is -2.33. The van der Waals surface area contributed by atoms with Crippen LogP contribution in [0.25, 0.3) is 0 Å². The van der Waals surface area contributed by atoms with Crippen LogP contribution < -0.4 is 0 Å². The summed E-state index contributed by atoms with van der Waals surface area (Å²) in [6.45, 7) is 13.1. The van der Waals surface area contributed by atoms with Gasteiger partial charge < -0.3 is 0 Å². The van der Waals surface area contributed by atoms with Crippen LogP contribution in [0.1, 0.15) is 26.7 Å². The number of carbonyl (C=O) groups is 1. The molecule has 0 saturated carbocycles. The molecule has 0 amide bonds. The van der Waals surface area contributed by atoms with Crippen LogP contribution in [0.5, 0.6) is 0 Å². The first kappa shape index (κ1) is 14.5. The number of rotatable bonds is 2. The molecule has 0 unspecified atom stereocenters. The van der Waals surface area contributed by atoms with Gasteiger partial charge in [-0.1, -0.05) is 39.4 Å². The molecule has 0 bridgehead atoms. The van der Waals surface area contributed by atoms with Crippen molar-refractivity contribution < 1.29 is 4.79 Å². The maximum absolute atomic E-state index is 11.3. The number of Topliss-reactive ketones (excluding diaryl/α,β-unsaturated/α-hetero) is 1. The number of ketones is 1. The average Bonchev–Trinajstić information content (AvgIpc) is 2.18. The van der Waals surface area contributed by atoms with Gasteiger partial charge in [-0.25, -0.2) is 0 Å². The van der Waals surface area contributed by atoms with Crippen LogP contribution >= 0.6 is 0 Å². The Kier molecular flexibility index (Phi) is 4.97. The van der Waals surface area contributed by atoms with E-state index in [0.717, 1.165) is 13.1 Å². The van der Waals surface area contributed by atoms with Crippen LogP contribution in [0, 0.1) is 17.4 Å². The normalized spacial score (nSPS) is 20.0. The summed E-state index contributed by atoms with van der Waals surface area (Å²) >= 11 is 0. The largest absolute Gasteiger partial charge is 0.300 e. The quantitative estimate of drug-likeness (QED) is 0.555. The summed E-state index contributed by atoms with van der Waals surface area (Å²) in [5.74, 6) is 4.41. The Morgan fingerprint density at radius 2 is 1.71 bits per heavy atom. The molecule has 0 aromatic heterocycles. The Balaban J connectivity index is 2.72. The third-order valence-electron chi connectivity index (χ3n) is 2.98. The smallest absolute Gasteiger partial charge is 0.135 e. The van der Waals surface area contributed by atoms with E-state index in [-0.39, 0.29) is 0 Å². The molecule has 1 aliphatic rings. The fourth-order valence-electron chi connectivity index (χ4n) is 2.02. The number of likely N-dealkylation sites (tertiary alicyclic amines) is 1. The van der Waals surface area contributed by atoms with Gasteiger partial charge in [-0.05, 0) is 5.92 Å². The molecule has 0 radical (unpaired) electrons. The second-order valence-electron chi connectivity index (χ2n) is 6.28. The van der Waals surface area contributed by atoms with Crippen molar-refractivity contribution in [3.8, 4) is 11.5 Å². The lowest BCUT2D eigenvalue weighted by molar-refractivity contribution is -0.121. The van der Waals surface area contributed by atoms with E-state index >= 15 is 0 Å². The van der Waals surface area contributed by atoms with Gasteiger partial charge in [-0.15, -0.1) is 5.54 Å². The van der Waals surface area contributed by atoms with Gasteiger partial charge in [0.05, 0.1) is 6.04 Å². The van der Waals surface area contributed by atoms with Crippen LogP contribution in [0.2, 0.25) is 19.6 Å². The number of carbonyl (C=O) groups excluding carboxylic acids is 1. The maximum Gasteiger partial charge on any atom is 0.135 e. The second kappa shape index (κ2) is 5.84. The minimum absolute atomic E-state index is 0.329. The second-order valence-corrected chi connectivity index (χ2v) is 11.0. The molecule has 17 heavy (non-hydrogen) atoms. The van der Waals surface area contributed by atoms with E-state index in [4.69, 9.17) is 0 Å². The van der Waals surface area contributed by atoms with E-state index in [0.29, 0.717) is 30.6 Å². The SMILES string of the molecule is CC(C)[C@@H](C#C[Si](C)(C)C)N1CCC(=O)CC1. The molecule has 0 N–H and O–H groups in total. The molecular formula is C14H25NOSi. The molecule has 0 aromatic rings. The van der Waals surface area contributed by atoms with Crippen LogP contribution in [0.4, 0.5) is 0 Å². The number of nitrogens with zero attached hydrogens (tertiary/aromatic N) is 1. The summed E-state index contributed by atoms with van der Waals surface area (Å²) in [4.78, 5) is 13.7. The van der Waals surface area contributed by atoms with E-state index in [2.05, 4.69) is 49.9 Å². The number of hydrogen-bond acceptors (Lipinski definition) is 2. The van der Waals surface area contributed by atoms with Crippen molar-refractivity contribution in [2.24, 2.45) is 5.92 Å². The van der Waals surface area contributed by atoms with E-state index in [1.165, 1.54) is 0 Å². The van der Waals surface area contributed by atoms with Crippen molar-refractivity contribution in [3.63, 3.8) is 0 Å². The van der Waals surface area contributed by atoms with Crippen molar-refractivity contribution in [3.05, 3.63) is 0 Å². The molecule has 1 fully saturated rings. The molecule has 1 rings (SSSR count). The lowest BCUT2D eigenvalue weighted by Crippen LogP contribution is -2.43. The molecule has 3 heteroatoms. The molecule has 1 aliphatic heterocycles. The topological polar surface area (TPSA) is 20.3 Å². The average molecular weight is 251 g/mol. The van der Waals surface area contributed by atoms with Gasteiger partial charge in [0.2, 0.25) is 0 Å². The van der Waals surface area contributed by atoms with E-state index < -0.39 is 8.07 Å². The Labute approximate surface area is 107 Å². The molecule has 0 aromatic carbocycles. The molecule has 96 valence electrons. The molecular weight excluding hydrogens is 226 g/mol. The van der Waals surface area contributed by atoms with Crippen molar-refractivity contribution in [1.82, 2.24) is 4.90 Å². The maximum atomic E-state index is 11.3. The van der Waals surface area contributed by atoms with Crippen molar-refractivity contribution in [1.29, 1.82) is 0 Å². The van der Waals surface area contributed by atoms with Crippen molar-refractivity contribution in [2.45, 2.75) is 52.4 Å². The Hall–Kier alpha value is -0.593. The van der Waals surface area contributed by atoms with Crippen LogP contribution in [0.3, 0.4) is 0 Å². The minimum Gasteiger partial charge on any atom is -0.300 e. The third-order valence-corrected chi connectivity index (χ3v) is 3.87. The van der Waals surface area contributed by atoms with Gasteiger partial charge in [0.25, 0.3) is 0 Å². The van der Waals surface area contributed by atoms with Crippen LogP contribution in [-0.4, -0.2) is 37.9 Å². The summed E-state index contributed by atoms with van der Waals surface area (Å²) in [6.07, 6.45) is 1.41. The van der Waals surface area contributed by atoms with E-state index in [1.807, 2.05) is 0 Å². The zero-order valence-electron chi connectivity index (χ0n) is 11.8. The molecule has 1 heterocycles. The van der Waals surface area contributed by atoms with Gasteiger partial charge in [0.15, 0.2) is 0 Å². The summed E-state index contributed by atoms with van der Waals surface area (Å²) < 4.78 is 0. The van der Waals surface area contributed by atoms with Crippen LogP contribution in [0.15, 0.2) is 0 Å². The highest BCUT2D eigenvalue weighted by Crippen LogP contribution is 2.16. The summed E-state index contributed by atoms with van der Waals surface area (Å²) in [7, 11) is -1.30. The fourth-order valence-corrected chi connectivity index (χ4v) is 2.60. The first-order valence-electron chi connectivity index (χ1n) is 6.58.